The lowest BCUT2D eigenvalue weighted by Gasteiger charge is -2.32. The van der Waals surface area contributed by atoms with Crippen LogP contribution >= 0.6 is 0 Å². The van der Waals surface area contributed by atoms with Crippen molar-refractivity contribution in [2.75, 3.05) is 25.1 Å². The van der Waals surface area contributed by atoms with E-state index in [2.05, 4.69) is 33.7 Å². The minimum Gasteiger partial charge on any atom is -0.508 e. The van der Waals surface area contributed by atoms with Crippen molar-refractivity contribution >= 4 is 27.5 Å². The summed E-state index contributed by atoms with van der Waals surface area (Å²) in [5.41, 5.74) is 1.94. The number of hydrogen-bond acceptors (Lipinski definition) is 6. The summed E-state index contributed by atoms with van der Waals surface area (Å²) in [7, 11) is 1.49. The van der Waals surface area contributed by atoms with Crippen molar-refractivity contribution in [3.05, 3.63) is 47.9 Å². The van der Waals surface area contributed by atoms with E-state index in [1.165, 1.54) is 7.11 Å². The Morgan fingerprint density at radius 1 is 1.24 bits per heavy atom. The van der Waals surface area contributed by atoms with Gasteiger partial charge in [0.1, 0.15) is 22.8 Å². The average Bonchev–Trinajstić information content (AvgIpc) is 2.82. The first-order valence-electron chi connectivity index (χ1n) is 11.4. The predicted molar refractivity (Wildman–Crippen MR) is 128 cm³/mol. The molecule has 2 aromatic heterocycles. The van der Waals surface area contributed by atoms with E-state index < -0.39 is 5.82 Å². The Morgan fingerprint density at radius 3 is 2.85 bits per heavy atom. The molecule has 2 aromatic carbocycles. The molecule has 5 rings (SSSR count). The number of ether oxygens (including phenoxy) is 1. The maximum absolute atomic E-state index is 16.1. The molecule has 1 atom stereocenters. The molecule has 7 heteroatoms. The minimum atomic E-state index is -0.544. The molecule has 0 radical (unpaired) electrons. The van der Waals surface area contributed by atoms with E-state index in [-0.39, 0.29) is 23.0 Å². The third-order valence-electron chi connectivity index (χ3n) is 6.47. The highest BCUT2D eigenvalue weighted by Gasteiger charge is 2.24. The van der Waals surface area contributed by atoms with Gasteiger partial charge in [0.15, 0.2) is 5.82 Å². The average molecular weight is 447 g/mol. The number of aromatic nitrogens is 3. The molecule has 3 heterocycles. The number of methoxy groups -OCH3 is 1. The third-order valence-corrected chi connectivity index (χ3v) is 6.47. The number of rotatable bonds is 4. The fraction of sp³-hybridized carbons (Fsp3) is 0.346. The van der Waals surface area contributed by atoms with Crippen LogP contribution in [0.4, 0.5) is 10.2 Å². The summed E-state index contributed by atoms with van der Waals surface area (Å²) in [4.78, 5) is 15.6. The van der Waals surface area contributed by atoms with Crippen LogP contribution in [0.3, 0.4) is 0 Å². The van der Waals surface area contributed by atoms with E-state index in [1.807, 2.05) is 18.2 Å². The van der Waals surface area contributed by atoms with Gasteiger partial charge in [-0.1, -0.05) is 32.0 Å². The number of nitrogens with zero attached hydrogens (tertiary/aromatic N) is 4. The molecule has 1 fully saturated rings. The number of piperidine rings is 1. The summed E-state index contributed by atoms with van der Waals surface area (Å²) >= 11 is 0. The molecule has 0 aliphatic carbocycles. The van der Waals surface area contributed by atoms with Crippen LogP contribution in [0, 0.1) is 11.7 Å². The zero-order valence-electron chi connectivity index (χ0n) is 19.1. The van der Waals surface area contributed by atoms with Crippen LogP contribution in [0.15, 0.2) is 36.5 Å². The van der Waals surface area contributed by atoms with Gasteiger partial charge in [-0.05, 0) is 53.6 Å². The molecule has 33 heavy (non-hydrogen) atoms. The van der Waals surface area contributed by atoms with Crippen LogP contribution in [0.1, 0.15) is 32.3 Å². The van der Waals surface area contributed by atoms with Gasteiger partial charge in [0.2, 0.25) is 0 Å². The van der Waals surface area contributed by atoms with Gasteiger partial charge in [-0.25, -0.2) is 4.39 Å². The van der Waals surface area contributed by atoms with Gasteiger partial charge >= 0.3 is 6.01 Å². The molecule has 4 aromatic rings. The lowest BCUT2D eigenvalue weighted by atomic mass is 9.95. The molecule has 1 aliphatic rings. The summed E-state index contributed by atoms with van der Waals surface area (Å²) in [5, 5.41) is 12.6. The zero-order valence-corrected chi connectivity index (χ0v) is 19.1. The van der Waals surface area contributed by atoms with E-state index in [1.54, 1.807) is 18.3 Å². The van der Waals surface area contributed by atoms with E-state index in [9.17, 15) is 5.11 Å². The fourth-order valence-electron chi connectivity index (χ4n) is 4.89. The molecule has 0 spiro atoms. The summed E-state index contributed by atoms with van der Waals surface area (Å²) in [6.45, 7) is 5.96. The molecule has 170 valence electrons. The van der Waals surface area contributed by atoms with Crippen molar-refractivity contribution in [3.8, 4) is 23.0 Å². The summed E-state index contributed by atoms with van der Waals surface area (Å²) in [6, 6.07) is 9.27. The number of pyridine rings is 1. The largest absolute Gasteiger partial charge is 0.508 e. The van der Waals surface area contributed by atoms with Crippen molar-refractivity contribution < 1.29 is 14.2 Å². The number of phenolic OH excluding ortho intramolecular Hbond substituents is 1. The zero-order chi connectivity index (χ0) is 23.1. The fourth-order valence-corrected chi connectivity index (χ4v) is 4.89. The molecule has 0 saturated carbocycles. The predicted octanol–water partition coefficient (Wildman–Crippen LogP) is 5.50. The molecule has 1 aliphatic heterocycles. The van der Waals surface area contributed by atoms with Crippen molar-refractivity contribution in [1.82, 2.24) is 15.0 Å². The standard InChI is InChI=1S/C26H27FN4O2/c1-4-16-8-5-9-17-11-18(32)12-19(21(16)17)23-22(27)24-20(13-28-23)25(30-26(29-24)33-3)31-10-6-7-15(2)14-31/h5,8-9,11-13,15,32H,4,6-7,10,14H2,1-3H3. The van der Waals surface area contributed by atoms with Crippen LogP contribution in [0.5, 0.6) is 11.8 Å². The smallest absolute Gasteiger partial charge is 0.318 e. The van der Waals surface area contributed by atoms with Crippen LogP contribution < -0.4 is 9.64 Å². The molecular formula is C26H27FN4O2. The Bertz CT molecular complexity index is 1360. The second-order valence-electron chi connectivity index (χ2n) is 8.77. The number of benzene rings is 2. The van der Waals surface area contributed by atoms with Gasteiger partial charge < -0.3 is 14.7 Å². The van der Waals surface area contributed by atoms with E-state index in [4.69, 9.17) is 4.74 Å². The van der Waals surface area contributed by atoms with Crippen LogP contribution in [0.25, 0.3) is 32.9 Å². The van der Waals surface area contributed by atoms with E-state index >= 15 is 4.39 Å². The number of aryl methyl sites for hydroxylation is 1. The Kier molecular flexibility index (Phi) is 5.48. The molecule has 0 amide bonds. The monoisotopic (exact) mass is 446 g/mol. The van der Waals surface area contributed by atoms with E-state index in [0.29, 0.717) is 22.7 Å². The number of aromatic hydroxyl groups is 1. The third kappa shape index (κ3) is 3.71. The highest BCUT2D eigenvalue weighted by molar-refractivity contribution is 6.01. The number of phenols is 1. The maximum atomic E-state index is 16.1. The van der Waals surface area contributed by atoms with E-state index in [0.717, 1.165) is 48.7 Å². The van der Waals surface area contributed by atoms with Crippen molar-refractivity contribution in [2.24, 2.45) is 5.92 Å². The van der Waals surface area contributed by atoms with Gasteiger partial charge in [-0.15, -0.1) is 0 Å². The maximum Gasteiger partial charge on any atom is 0.318 e. The topological polar surface area (TPSA) is 71.4 Å². The van der Waals surface area contributed by atoms with Crippen molar-refractivity contribution in [1.29, 1.82) is 0 Å². The quantitative estimate of drug-likeness (QED) is 0.447. The first kappa shape index (κ1) is 21.4. The van der Waals surface area contributed by atoms with Gasteiger partial charge in [0, 0.05) is 24.8 Å². The Morgan fingerprint density at radius 2 is 2.09 bits per heavy atom. The lowest BCUT2D eigenvalue weighted by molar-refractivity contribution is 0.379. The molecule has 1 unspecified atom stereocenters. The number of hydrogen-bond donors (Lipinski definition) is 1. The molecule has 6 nitrogen and oxygen atoms in total. The van der Waals surface area contributed by atoms with Crippen LogP contribution in [-0.2, 0) is 6.42 Å². The van der Waals surface area contributed by atoms with Crippen molar-refractivity contribution in [2.45, 2.75) is 33.1 Å². The van der Waals surface area contributed by atoms with Gasteiger partial charge in [-0.2, -0.15) is 9.97 Å². The first-order chi connectivity index (χ1) is 16.0. The molecule has 0 bridgehead atoms. The van der Waals surface area contributed by atoms with Gasteiger partial charge in [0.05, 0.1) is 12.5 Å². The lowest BCUT2D eigenvalue weighted by Crippen LogP contribution is -2.35. The summed E-state index contributed by atoms with van der Waals surface area (Å²) < 4.78 is 21.4. The normalized spacial score (nSPS) is 16.5. The molecule has 1 saturated heterocycles. The Balaban J connectivity index is 1.77. The number of halogens is 1. The SMILES string of the molecule is CCc1cccc2cc(O)cc(-c3ncc4c(N5CCCC(C)C5)nc(OC)nc4c3F)c12. The summed E-state index contributed by atoms with van der Waals surface area (Å²) in [6.07, 6.45) is 4.64. The Hall–Kier alpha value is -3.48. The Labute approximate surface area is 192 Å². The number of fused-ring (bicyclic) bond motifs is 2. The van der Waals surface area contributed by atoms with Gasteiger partial charge in [-0.3, -0.25) is 4.98 Å². The van der Waals surface area contributed by atoms with Crippen molar-refractivity contribution in [3.63, 3.8) is 0 Å². The minimum absolute atomic E-state index is 0.0651. The van der Waals surface area contributed by atoms with Crippen LogP contribution in [-0.4, -0.2) is 40.3 Å². The highest BCUT2D eigenvalue weighted by atomic mass is 19.1. The molecular weight excluding hydrogens is 419 g/mol. The van der Waals surface area contributed by atoms with Gasteiger partial charge in [0.25, 0.3) is 0 Å². The van der Waals surface area contributed by atoms with Crippen LogP contribution in [0.2, 0.25) is 0 Å². The second-order valence-corrected chi connectivity index (χ2v) is 8.77. The highest BCUT2D eigenvalue weighted by Crippen LogP contribution is 2.38. The first-order valence-corrected chi connectivity index (χ1v) is 11.4. The summed E-state index contributed by atoms with van der Waals surface area (Å²) in [5.74, 6) is 0.696. The molecule has 1 N–H and O–H groups in total. The number of anilines is 1. The second kappa shape index (κ2) is 8.46.